The van der Waals surface area contributed by atoms with Crippen LogP contribution in [0.2, 0.25) is 0 Å². The van der Waals surface area contributed by atoms with E-state index in [4.69, 9.17) is 4.74 Å². The molecule has 0 unspecified atom stereocenters. The first kappa shape index (κ1) is 36.5. The molecular weight excluding hydrogens is 635 g/mol. The van der Waals surface area contributed by atoms with E-state index >= 15 is 0 Å². The van der Waals surface area contributed by atoms with Gasteiger partial charge in [0.1, 0.15) is 18.7 Å². The topological polar surface area (TPSA) is 169 Å². The van der Waals surface area contributed by atoms with E-state index in [0.29, 0.717) is 25.1 Å². The summed E-state index contributed by atoms with van der Waals surface area (Å²) in [7, 11) is 1.95. The van der Waals surface area contributed by atoms with Gasteiger partial charge in [0, 0.05) is 38.4 Å². The van der Waals surface area contributed by atoms with Crippen LogP contribution in [0.3, 0.4) is 0 Å². The summed E-state index contributed by atoms with van der Waals surface area (Å²) in [4.78, 5) is 53.7. The second-order valence-corrected chi connectivity index (χ2v) is 12.8. The second-order valence-electron chi connectivity index (χ2n) is 11.7. The van der Waals surface area contributed by atoms with Crippen molar-refractivity contribution in [1.82, 2.24) is 20.4 Å². The van der Waals surface area contributed by atoms with Gasteiger partial charge >= 0.3 is 19.2 Å². The van der Waals surface area contributed by atoms with Crippen LogP contribution in [0, 0.1) is 0 Å². The SMILES string of the molecule is C[C@H](NC(=O)[C@H](CSCC(=O)N(C)CCN(C)Cc1ccccc1B(O)O)NC(=O)OCC1c2ccccc2-c2ccccc21)C(=O)O. The van der Waals surface area contributed by atoms with E-state index in [1.165, 1.54) is 6.92 Å². The number of carbonyl (C=O) groups excluding carboxylic acids is 3. The van der Waals surface area contributed by atoms with Crippen molar-refractivity contribution in [3.63, 3.8) is 0 Å². The number of fused-ring (bicyclic) bond motifs is 3. The molecular formula is C34H41BN4O8S. The van der Waals surface area contributed by atoms with Crippen LogP contribution >= 0.6 is 11.8 Å². The number of rotatable bonds is 16. The lowest BCUT2D eigenvalue weighted by molar-refractivity contribution is -0.141. The average molecular weight is 677 g/mol. The Morgan fingerprint density at radius 3 is 2.12 bits per heavy atom. The van der Waals surface area contributed by atoms with E-state index in [0.717, 1.165) is 39.6 Å². The minimum atomic E-state index is -1.58. The van der Waals surface area contributed by atoms with E-state index in [9.17, 15) is 34.3 Å². The monoisotopic (exact) mass is 676 g/mol. The molecule has 254 valence electrons. The third kappa shape index (κ3) is 9.60. The Kier molecular flexibility index (Phi) is 13.0. The average Bonchev–Trinajstić information content (AvgIpc) is 3.39. The van der Waals surface area contributed by atoms with Gasteiger partial charge in [-0.2, -0.15) is 0 Å². The third-order valence-corrected chi connectivity index (χ3v) is 9.23. The minimum absolute atomic E-state index is 0.00210. The van der Waals surface area contributed by atoms with Crippen molar-refractivity contribution in [2.75, 3.05) is 45.3 Å². The van der Waals surface area contributed by atoms with Crippen LogP contribution < -0.4 is 16.1 Å². The van der Waals surface area contributed by atoms with Crippen LogP contribution in [-0.4, -0.2) is 113 Å². The number of hydrogen-bond acceptors (Lipinski definition) is 9. The third-order valence-electron chi connectivity index (χ3n) is 8.21. The van der Waals surface area contributed by atoms with Crippen molar-refractivity contribution >= 4 is 48.2 Å². The maximum atomic E-state index is 13.0. The maximum Gasteiger partial charge on any atom is 0.488 e. The van der Waals surface area contributed by atoms with E-state index in [-0.39, 0.29) is 29.9 Å². The molecule has 3 amide bonds. The lowest BCUT2D eigenvalue weighted by Crippen LogP contribution is -2.52. The summed E-state index contributed by atoms with van der Waals surface area (Å²) in [6.45, 7) is 2.73. The normalized spacial score (nSPS) is 13.2. The van der Waals surface area contributed by atoms with Crippen molar-refractivity contribution in [1.29, 1.82) is 0 Å². The summed E-state index contributed by atoms with van der Waals surface area (Å²) in [6.07, 6.45) is -0.831. The number of hydrogen-bond donors (Lipinski definition) is 5. The molecule has 0 radical (unpaired) electrons. The number of amides is 3. The predicted octanol–water partition coefficient (Wildman–Crippen LogP) is 1.49. The van der Waals surface area contributed by atoms with Crippen LogP contribution in [0.5, 0.6) is 0 Å². The van der Waals surface area contributed by atoms with Crippen molar-refractivity contribution < 1.29 is 39.1 Å². The van der Waals surface area contributed by atoms with Crippen molar-refractivity contribution in [2.24, 2.45) is 0 Å². The van der Waals surface area contributed by atoms with E-state index in [1.807, 2.05) is 72.6 Å². The summed E-state index contributed by atoms with van der Waals surface area (Å²) in [5.74, 6) is -2.29. The van der Waals surface area contributed by atoms with Gasteiger partial charge < -0.3 is 40.3 Å². The van der Waals surface area contributed by atoms with Crippen molar-refractivity contribution in [3.8, 4) is 11.1 Å². The highest BCUT2D eigenvalue weighted by Gasteiger charge is 2.30. The second kappa shape index (κ2) is 17.2. The van der Waals surface area contributed by atoms with Gasteiger partial charge in [0.2, 0.25) is 11.8 Å². The number of nitrogens with one attached hydrogen (secondary N) is 2. The highest BCUT2D eigenvalue weighted by atomic mass is 32.2. The van der Waals surface area contributed by atoms with Crippen LogP contribution in [0.4, 0.5) is 4.79 Å². The molecule has 12 nitrogen and oxygen atoms in total. The lowest BCUT2D eigenvalue weighted by atomic mass is 9.77. The predicted molar refractivity (Wildman–Crippen MR) is 185 cm³/mol. The number of benzene rings is 3. The molecule has 0 aromatic heterocycles. The number of aliphatic carboxylic acids is 1. The van der Waals surface area contributed by atoms with Gasteiger partial charge in [-0.1, -0.05) is 72.8 Å². The first-order chi connectivity index (χ1) is 23.0. The number of alkyl carbamates (subject to hydrolysis) is 1. The molecule has 0 bridgehead atoms. The van der Waals surface area contributed by atoms with Crippen molar-refractivity contribution in [3.05, 3.63) is 89.5 Å². The van der Waals surface area contributed by atoms with E-state index in [1.54, 1.807) is 24.1 Å². The molecule has 0 fully saturated rings. The molecule has 4 rings (SSSR count). The van der Waals surface area contributed by atoms with Gasteiger partial charge in [0.15, 0.2) is 0 Å². The Hall–Kier alpha value is -4.37. The van der Waals surface area contributed by atoms with Crippen LogP contribution in [0.15, 0.2) is 72.8 Å². The summed E-state index contributed by atoms with van der Waals surface area (Å²) in [6, 6.07) is 20.5. The Labute approximate surface area is 284 Å². The molecule has 5 N–H and O–H groups in total. The van der Waals surface area contributed by atoms with Crippen LogP contribution in [-0.2, 0) is 25.7 Å². The zero-order chi connectivity index (χ0) is 34.8. The molecule has 48 heavy (non-hydrogen) atoms. The molecule has 0 saturated heterocycles. The highest BCUT2D eigenvalue weighted by molar-refractivity contribution is 8.00. The summed E-state index contributed by atoms with van der Waals surface area (Å²) >= 11 is 1.13. The van der Waals surface area contributed by atoms with Crippen LogP contribution in [0.25, 0.3) is 11.1 Å². The van der Waals surface area contributed by atoms with Gasteiger partial charge in [-0.25, -0.2) is 4.79 Å². The Morgan fingerprint density at radius 1 is 0.896 bits per heavy atom. The van der Waals surface area contributed by atoms with Gasteiger partial charge in [-0.15, -0.1) is 11.8 Å². The smallest absolute Gasteiger partial charge is 0.480 e. The fourth-order valence-electron chi connectivity index (χ4n) is 5.46. The summed E-state index contributed by atoms with van der Waals surface area (Å²) < 4.78 is 5.59. The van der Waals surface area contributed by atoms with Gasteiger partial charge in [0.05, 0.1) is 5.75 Å². The quantitative estimate of drug-likeness (QED) is 0.140. The minimum Gasteiger partial charge on any atom is -0.480 e. The zero-order valence-electron chi connectivity index (χ0n) is 27.2. The summed E-state index contributed by atoms with van der Waals surface area (Å²) in [5, 5.41) is 33.4. The number of carboxylic acids is 1. The van der Waals surface area contributed by atoms with Gasteiger partial charge in [0.25, 0.3) is 0 Å². The number of carbonyl (C=O) groups is 4. The molecule has 0 saturated carbocycles. The molecule has 0 aliphatic heterocycles. The number of nitrogens with zero attached hydrogens (tertiary/aromatic N) is 2. The molecule has 14 heteroatoms. The fraction of sp³-hybridized carbons (Fsp3) is 0.353. The molecule has 3 aromatic carbocycles. The van der Waals surface area contributed by atoms with Gasteiger partial charge in [-0.3, -0.25) is 14.4 Å². The molecule has 0 spiro atoms. The zero-order valence-corrected chi connectivity index (χ0v) is 28.0. The van der Waals surface area contributed by atoms with Crippen LogP contribution in [0.1, 0.15) is 29.5 Å². The van der Waals surface area contributed by atoms with E-state index in [2.05, 4.69) is 10.6 Å². The fourth-order valence-corrected chi connectivity index (χ4v) is 6.44. The number of thioether (sulfide) groups is 1. The molecule has 3 aromatic rings. The number of carboxylic acid groups (broad SMARTS) is 1. The number of likely N-dealkylation sites (N-methyl/N-ethyl adjacent to an activating group) is 2. The first-order valence-electron chi connectivity index (χ1n) is 15.5. The molecule has 1 aliphatic carbocycles. The molecule has 1 aliphatic rings. The first-order valence-corrected chi connectivity index (χ1v) is 16.7. The standard InChI is InChI=1S/C34H41BN4O8S/c1-22(33(42)43)36-32(41)30(37-34(44)47-19-28-26-13-7-5-11-24(26)25-12-6-8-14-27(25)28)20-48-21-31(40)39(3)17-16-38(2)18-23-10-4-9-15-29(23)35(45)46/h4-15,22,28,30,45-46H,16-21H2,1-3H3,(H,36,41)(H,37,44)(H,42,43)/t22-,30-/m0/s1. The Balaban J connectivity index is 1.29. The maximum absolute atomic E-state index is 13.0. The Bertz CT molecular complexity index is 1560. The molecule has 2 atom stereocenters. The lowest BCUT2D eigenvalue weighted by Gasteiger charge is -2.24. The highest BCUT2D eigenvalue weighted by Crippen LogP contribution is 2.44. The number of ether oxygens (including phenoxy) is 1. The van der Waals surface area contributed by atoms with Gasteiger partial charge in [-0.05, 0) is 47.3 Å². The largest absolute Gasteiger partial charge is 0.488 e. The van der Waals surface area contributed by atoms with Crippen molar-refractivity contribution in [2.45, 2.75) is 31.5 Å². The summed E-state index contributed by atoms with van der Waals surface area (Å²) in [5.41, 5.74) is 5.42. The molecule has 0 heterocycles. The van der Waals surface area contributed by atoms with E-state index < -0.39 is 37.2 Å². The Morgan fingerprint density at radius 2 is 1.50 bits per heavy atom.